The van der Waals surface area contributed by atoms with Gasteiger partial charge in [-0.15, -0.1) is 0 Å². The van der Waals surface area contributed by atoms with Gasteiger partial charge in [0.25, 0.3) is 0 Å². The molecule has 1 aromatic rings. The molecule has 0 aromatic heterocycles. The molecule has 5 heteroatoms. The number of hydrogen-bond acceptors (Lipinski definition) is 2. The van der Waals surface area contributed by atoms with Crippen molar-refractivity contribution >= 4 is 0 Å². The third-order valence-corrected chi connectivity index (χ3v) is 1.99. The van der Waals surface area contributed by atoms with Crippen molar-refractivity contribution in [2.45, 2.75) is 6.10 Å². The van der Waals surface area contributed by atoms with Gasteiger partial charge in [0.15, 0.2) is 17.4 Å². The van der Waals surface area contributed by atoms with E-state index < -0.39 is 23.2 Å². The first-order valence-electron chi connectivity index (χ1n) is 4.19. The van der Waals surface area contributed by atoms with Gasteiger partial charge in [-0.05, 0) is 0 Å². The summed E-state index contributed by atoms with van der Waals surface area (Å²) in [6, 6.07) is 1.20. The van der Waals surface area contributed by atoms with Crippen molar-refractivity contribution in [3.05, 3.63) is 29.6 Å². The van der Waals surface area contributed by atoms with E-state index in [1.54, 1.807) is 0 Å². The van der Waals surface area contributed by atoms with E-state index in [1.807, 2.05) is 0 Å². The molecule has 1 fully saturated rings. The lowest BCUT2D eigenvalue weighted by molar-refractivity contribution is 0.129. The number of ether oxygens (including phenoxy) is 1. The van der Waals surface area contributed by atoms with Crippen molar-refractivity contribution in [2.75, 3.05) is 13.1 Å². The SMILES string of the molecule is Fc1cc(F)c(OC2CNC2)c(F)c1. The molecule has 0 bridgehead atoms. The maximum atomic E-state index is 13.0. The van der Waals surface area contributed by atoms with E-state index in [2.05, 4.69) is 5.32 Å². The van der Waals surface area contributed by atoms with Crippen LogP contribution >= 0.6 is 0 Å². The average molecular weight is 203 g/mol. The van der Waals surface area contributed by atoms with Gasteiger partial charge in [0.2, 0.25) is 0 Å². The molecule has 76 valence electrons. The monoisotopic (exact) mass is 203 g/mol. The number of rotatable bonds is 2. The molecule has 1 aliphatic heterocycles. The standard InChI is InChI=1S/C9H8F3NO/c10-5-1-7(11)9(8(12)2-5)14-6-3-13-4-6/h1-2,6,13H,3-4H2. The third-order valence-electron chi connectivity index (χ3n) is 1.99. The van der Waals surface area contributed by atoms with Crippen LogP contribution in [0.15, 0.2) is 12.1 Å². The van der Waals surface area contributed by atoms with E-state index in [0.29, 0.717) is 25.2 Å². The summed E-state index contributed by atoms with van der Waals surface area (Å²) < 4.78 is 43.5. The van der Waals surface area contributed by atoms with Gasteiger partial charge in [0, 0.05) is 25.2 Å². The Kier molecular flexibility index (Phi) is 2.33. The lowest BCUT2D eigenvalue weighted by Crippen LogP contribution is -2.50. The third kappa shape index (κ3) is 1.68. The maximum Gasteiger partial charge on any atom is 0.191 e. The van der Waals surface area contributed by atoms with E-state index in [4.69, 9.17) is 4.74 Å². The molecule has 0 atom stereocenters. The minimum absolute atomic E-state index is 0.232. The van der Waals surface area contributed by atoms with Crippen LogP contribution < -0.4 is 10.1 Å². The average Bonchev–Trinajstić information content (AvgIpc) is 1.98. The quantitative estimate of drug-likeness (QED) is 0.785. The molecule has 1 saturated heterocycles. The van der Waals surface area contributed by atoms with Crippen LogP contribution in [0.1, 0.15) is 0 Å². The number of hydrogen-bond donors (Lipinski definition) is 1. The Morgan fingerprint density at radius 3 is 2.14 bits per heavy atom. The van der Waals surface area contributed by atoms with Gasteiger partial charge in [-0.3, -0.25) is 0 Å². The molecule has 14 heavy (non-hydrogen) atoms. The Bertz CT molecular complexity index is 329. The van der Waals surface area contributed by atoms with Crippen LogP contribution in [0.2, 0.25) is 0 Å². The summed E-state index contributed by atoms with van der Waals surface area (Å²) in [6.45, 7) is 1.10. The number of halogens is 3. The molecule has 1 N–H and O–H groups in total. The van der Waals surface area contributed by atoms with Crippen molar-refractivity contribution in [3.63, 3.8) is 0 Å². The predicted octanol–water partition coefficient (Wildman–Crippen LogP) is 1.45. The molecule has 1 heterocycles. The van der Waals surface area contributed by atoms with Gasteiger partial charge in [0.05, 0.1) is 0 Å². The van der Waals surface area contributed by atoms with Crippen molar-refractivity contribution in [3.8, 4) is 5.75 Å². The summed E-state index contributed by atoms with van der Waals surface area (Å²) in [5.74, 6) is -3.46. The maximum absolute atomic E-state index is 13.0. The van der Waals surface area contributed by atoms with Gasteiger partial charge in [-0.1, -0.05) is 0 Å². The molecule has 0 spiro atoms. The second kappa shape index (κ2) is 3.49. The minimum Gasteiger partial charge on any atom is -0.482 e. The molecule has 0 saturated carbocycles. The summed E-state index contributed by atoms with van der Waals surface area (Å²) in [6.07, 6.45) is -0.232. The summed E-state index contributed by atoms with van der Waals surface area (Å²) in [4.78, 5) is 0. The molecular formula is C9H8F3NO. The first kappa shape index (κ1) is 9.33. The Hall–Kier alpha value is -1.23. The summed E-state index contributed by atoms with van der Waals surface area (Å²) in [5, 5.41) is 2.89. The van der Waals surface area contributed by atoms with Crippen LogP contribution in [-0.4, -0.2) is 19.2 Å². The summed E-state index contributed by atoms with van der Waals surface area (Å²) in [5.41, 5.74) is 0. The Labute approximate surface area is 78.7 Å². The van der Waals surface area contributed by atoms with Crippen molar-refractivity contribution in [1.29, 1.82) is 0 Å². The molecule has 2 rings (SSSR count). The van der Waals surface area contributed by atoms with Crippen LogP contribution in [0.5, 0.6) is 5.75 Å². The van der Waals surface area contributed by atoms with E-state index in [9.17, 15) is 13.2 Å². The zero-order valence-electron chi connectivity index (χ0n) is 7.19. The highest BCUT2D eigenvalue weighted by Gasteiger charge is 2.22. The van der Waals surface area contributed by atoms with E-state index in [1.165, 1.54) is 0 Å². The van der Waals surface area contributed by atoms with E-state index >= 15 is 0 Å². The van der Waals surface area contributed by atoms with Crippen molar-refractivity contribution in [2.24, 2.45) is 0 Å². The first-order valence-corrected chi connectivity index (χ1v) is 4.19. The zero-order chi connectivity index (χ0) is 10.1. The van der Waals surface area contributed by atoms with Crippen LogP contribution in [-0.2, 0) is 0 Å². The smallest absolute Gasteiger partial charge is 0.191 e. The molecule has 0 unspecified atom stereocenters. The second-order valence-corrected chi connectivity index (χ2v) is 3.10. The lowest BCUT2D eigenvalue weighted by Gasteiger charge is -2.28. The van der Waals surface area contributed by atoms with Gasteiger partial charge in [-0.25, -0.2) is 13.2 Å². The van der Waals surface area contributed by atoms with Crippen LogP contribution in [0.4, 0.5) is 13.2 Å². The van der Waals surface area contributed by atoms with Gasteiger partial charge in [0.1, 0.15) is 11.9 Å². The van der Waals surface area contributed by atoms with Crippen LogP contribution in [0, 0.1) is 17.5 Å². The normalized spacial score (nSPS) is 16.5. The van der Waals surface area contributed by atoms with Crippen LogP contribution in [0.3, 0.4) is 0 Å². The number of nitrogens with one attached hydrogen (secondary N) is 1. The lowest BCUT2D eigenvalue weighted by atomic mass is 10.2. The number of benzene rings is 1. The van der Waals surface area contributed by atoms with Crippen molar-refractivity contribution < 1.29 is 17.9 Å². The molecular weight excluding hydrogens is 195 g/mol. The Morgan fingerprint density at radius 2 is 1.71 bits per heavy atom. The molecule has 1 aliphatic rings. The van der Waals surface area contributed by atoms with Gasteiger partial charge in [-0.2, -0.15) is 0 Å². The van der Waals surface area contributed by atoms with Gasteiger partial charge < -0.3 is 10.1 Å². The van der Waals surface area contributed by atoms with Crippen molar-refractivity contribution in [1.82, 2.24) is 5.32 Å². The van der Waals surface area contributed by atoms with E-state index in [-0.39, 0.29) is 6.10 Å². The molecule has 0 aliphatic carbocycles. The fourth-order valence-electron chi connectivity index (χ4n) is 1.15. The molecule has 0 radical (unpaired) electrons. The van der Waals surface area contributed by atoms with Gasteiger partial charge >= 0.3 is 0 Å². The second-order valence-electron chi connectivity index (χ2n) is 3.10. The Balaban J connectivity index is 2.22. The Morgan fingerprint density at radius 1 is 1.14 bits per heavy atom. The first-order chi connectivity index (χ1) is 6.66. The molecule has 1 aromatic carbocycles. The predicted molar refractivity (Wildman–Crippen MR) is 43.6 cm³/mol. The largest absolute Gasteiger partial charge is 0.482 e. The fraction of sp³-hybridized carbons (Fsp3) is 0.333. The zero-order valence-corrected chi connectivity index (χ0v) is 7.19. The summed E-state index contributed by atoms with van der Waals surface area (Å²) >= 11 is 0. The fourth-order valence-corrected chi connectivity index (χ4v) is 1.15. The van der Waals surface area contributed by atoms with E-state index in [0.717, 1.165) is 0 Å². The minimum atomic E-state index is -1.01. The highest BCUT2D eigenvalue weighted by molar-refractivity contribution is 5.27. The molecule has 0 amide bonds. The summed E-state index contributed by atoms with van der Waals surface area (Å²) in [7, 11) is 0. The molecule has 2 nitrogen and oxygen atoms in total. The highest BCUT2D eigenvalue weighted by atomic mass is 19.1. The topological polar surface area (TPSA) is 21.3 Å². The highest BCUT2D eigenvalue weighted by Crippen LogP contribution is 2.24. The van der Waals surface area contributed by atoms with Crippen LogP contribution in [0.25, 0.3) is 0 Å².